The van der Waals surface area contributed by atoms with Gasteiger partial charge in [0.05, 0.1) is 17.1 Å². The highest BCUT2D eigenvalue weighted by Crippen LogP contribution is 2.55. The highest BCUT2D eigenvalue weighted by molar-refractivity contribution is 6.31. The van der Waals surface area contributed by atoms with E-state index in [0.29, 0.717) is 31.0 Å². The lowest BCUT2D eigenvalue weighted by Gasteiger charge is -2.41. The molecule has 1 atom stereocenters. The number of likely N-dealkylation sites (tertiary alicyclic amines) is 1. The van der Waals surface area contributed by atoms with E-state index in [9.17, 15) is 9.59 Å². The maximum absolute atomic E-state index is 12.5. The van der Waals surface area contributed by atoms with Crippen LogP contribution < -0.4 is 5.73 Å². The maximum Gasteiger partial charge on any atom is 0.410 e. The Morgan fingerprint density at radius 2 is 1.79 bits per heavy atom. The van der Waals surface area contributed by atoms with Gasteiger partial charge in [-0.3, -0.25) is 4.79 Å². The molecule has 2 N–H and O–H groups in total. The number of carbonyl (C=O) groups excluding carboxylic acids is 2. The zero-order chi connectivity index (χ0) is 21.8. The third-order valence-electron chi connectivity index (χ3n) is 5.96. The number of primary amides is 1. The molecule has 2 aliphatic rings. The van der Waals surface area contributed by atoms with Crippen molar-refractivity contribution in [2.45, 2.75) is 71.7 Å². The van der Waals surface area contributed by atoms with Gasteiger partial charge in [-0.2, -0.15) is 0 Å². The predicted molar refractivity (Wildman–Crippen MR) is 112 cm³/mol. The molecule has 1 spiro atoms. The highest BCUT2D eigenvalue weighted by Gasteiger charge is 2.53. The van der Waals surface area contributed by atoms with Gasteiger partial charge in [0.1, 0.15) is 5.60 Å². The summed E-state index contributed by atoms with van der Waals surface area (Å²) < 4.78 is 12.1. The molecule has 3 rings (SSSR count). The summed E-state index contributed by atoms with van der Waals surface area (Å²) in [6, 6.07) is 3.95. The molecule has 0 radical (unpaired) electrons. The number of nitrogens with two attached hydrogens (primary N) is 1. The van der Waals surface area contributed by atoms with Crippen LogP contribution in [-0.2, 0) is 19.9 Å². The number of hydrogen-bond donors (Lipinski definition) is 1. The molecule has 6 nitrogen and oxygen atoms in total. The third-order valence-corrected chi connectivity index (χ3v) is 6.37. The Morgan fingerprint density at radius 1 is 1.21 bits per heavy atom. The van der Waals surface area contributed by atoms with Crippen LogP contribution in [0, 0.1) is 12.3 Å². The van der Waals surface area contributed by atoms with E-state index in [0.717, 1.165) is 16.7 Å². The number of carbonyl (C=O) groups is 2. The van der Waals surface area contributed by atoms with Crippen molar-refractivity contribution in [3.05, 3.63) is 33.8 Å². The number of benzene rings is 1. The number of hydrogen-bond acceptors (Lipinski definition) is 4. The molecule has 0 aromatic heterocycles. The van der Waals surface area contributed by atoms with Crippen molar-refractivity contribution in [1.82, 2.24) is 4.90 Å². The van der Waals surface area contributed by atoms with Gasteiger partial charge in [0.25, 0.3) is 0 Å². The van der Waals surface area contributed by atoms with Crippen molar-refractivity contribution >= 4 is 23.6 Å². The highest BCUT2D eigenvalue weighted by atomic mass is 35.5. The molecular formula is C22H31ClN2O4. The largest absolute Gasteiger partial charge is 0.444 e. The number of aryl methyl sites for hydroxylation is 1. The smallest absolute Gasteiger partial charge is 0.410 e. The molecular weight excluding hydrogens is 392 g/mol. The minimum Gasteiger partial charge on any atom is -0.444 e. The average molecular weight is 423 g/mol. The van der Waals surface area contributed by atoms with Crippen LogP contribution in [0.25, 0.3) is 0 Å². The van der Waals surface area contributed by atoms with E-state index in [-0.39, 0.29) is 6.09 Å². The van der Waals surface area contributed by atoms with Gasteiger partial charge in [-0.25, -0.2) is 4.79 Å². The minimum absolute atomic E-state index is 0.318. The summed E-state index contributed by atoms with van der Waals surface area (Å²) in [5, 5.41) is 0.666. The van der Waals surface area contributed by atoms with E-state index in [1.165, 1.54) is 0 Å². The molecule has 0 aliphatic carbocycles. The number of rotatable bonds is 2. The Kier molecular flexibility index (Phi) is 5.41. The lowest BCUT2D eigenvalue weighted by molar-refractivity contribution is -0.158. The van der Waals surface area contributed by atoms with Crippen molar-refractivity contribution in [3.63, 3.8) is 0 Å². The lowest BCUT2D eigenvalue weighted by atomic mass is 9.79. The molecule has 1 aromatic rings. The van der Waals surface area contributed by atoms with Gasteiger partial charge in [-0.1, -0.05) is 17.7 Å². The first-order chi connectivity index (χ1) is 13.3. The van der Waals surface area contributed by atoms with Crippen molar-refractivity contribution in [3.8, 4) is 0 Å². The van der Waals surface area contributed by atoms with Crippen LogP contribution in [0.2, 0.25) is 5.02 Å². The summed E-state index contributed by atoms with van der Waals surface area (Å²) in [6.07, 6.45) is 0.425. The molecule has 1 fully saturated rings. The van der Waals surface area contributed by atoms with Gasteiger partial charge >= 0.3 is 6.09 Å². The number of nitrogens with zero attached hydrogens (tertiary/aromatic N) is 1. The van der Waals surface area contributed by atoms with Crippen LogP contribution in [-0.4, -0.2) is 35.6 Å². The topological polar surface area (TPSA) is 81.9 Å². The predicted octanol–water partition coefficient (Wildman–Crippen LogP) is 4.46. The second kappa shape index (κ2) is 7.17. The molecule has 1 saturated heterocycles. The quantitative estimate of drug-likeness (QED) is 0.762. The Morgan fingerprint density at radius 3 is 2.31 bits per heavy atom. The van der Waals surface area contributed by atoms with E-state index in [4.69, 9.17) is 26.8 Å². The molecule has 2 amide bonds. The van der Waals surface area contributed by atoms with Crippen LogP contribution in [0.1, 0.15) is 70.3 Å². The van der Waals surface area contributed by atoms with Gasteiger partial charge in [-0.05, 0) is 77.1 Å². The molecule has 2 heterocycles. The zero-order valence-corrected chi connectivity index (χ0v) is 18.9. The fourth-order valence-corrected chi connectivity index (χ4v) is 4.26. The monoisotopic (exact) mass is 422 g/mol. The van der Waals surface area contributed by atoms with E-state index < -0.39 is 28.6 Å². The number of halogens is 1. The van der Waals surface area contributed by atoms with Crippen molar-refractivity contribution in [1.29, 1.82) is 0 Å². The lowest BCUT2D eigenvalue weighted by Crippen LogP contribution is -2.47. The van der Waals surface area contributed by atoms with Gasteiger partial charge in [0.15, 0.2) is 0 Å². The number of fused-ring (bicyclic) bond motifs is 2. The van der Waals surface area contributed by atoms with Crippen molar-refractivity contribution < 1.29 is 19.1 Å². The zero-order valence-electron chi connectivity index (χ0n) is 18.1. The first-order valence-corrected chi connectivity index (χ1v) is 10.4. The maximum atomic E-state index is 12.5. The normalized spacial score (nSPS) is 21.2. The summed E-state index contributed by atoms with van der Waals surface area (Å²) in [5.74, 6) is -0.413. The molecule has 29 heavy (non-hydrogen) atoms. The van der Waals surface area contributed by atoms with Crippen LogP contribution in [0.3, 0.4) is 0 Å². The number of amides is 2. The Bertz CT molecular complexity index is 836. The minimum atomic E-state index is -0.874. The summed E-state index contributed by atoms with van der Waals surface area (Å²) in [4.78, 5) is 26.3. The molecule has 2 aliphatic heterocycles. The van der Waals surface area contributed by atoms with E-state index in [1.54, 1.807) is 4.90 Å². The van der Waals surface area contributed by atoms with Gasteiger partial charge in [0.2, 0.25) is 5.91 Å². The second-order valence-electron chi connectivity index (χ2n) is 9.73. The number of piperidine rings is 1. The first kappa shape index (κ1) is 21.9. The van der Waals surface area contributed by atoms with E-state index in [1.807, 2.05) is 53.7 Å². The van der Waals surface area contributed by atoms with Crippen LogP contribution in [0.15, 0.2) is 12.1 Å². The van der Waals surface area contributed by atoms with Crippen LogP contribution in [0.5, 0.6) is 0 Å². The molecule has 0 bridgehead atoms. The van der Waals surface area contributed by atoms with E-state index >= 15 is 0 Å². The fraction of sp³-hybridized carbons (Fsp3) is 0.636. The molecule has 160 valence electrons. The summed E-state index contributed by atoms with van der Waals surface area (Å²) in [7, 11) is 0. The Balaban J connectivity index is 1.91. The molecule has 0 saturated carbocycles. The Hall–Kier alpha value is -1.79. The van der Waals surface area contributed by atoms with Crippen LogP contribution in [0.4, 0.5) is 4.79 Å². The van der Waals surface area contributed by atoms with Crippen LogP contribution >= 0.6 is 11.6 Å². The molecule has 7 heteroatoms. The van der Waals surface area contributed by atoms with Crippen molar-refractivity contribution in [2.24, 2.45) is 11.1 Å². The summed E-state index contributed by atoms with van der Waals surface area (Å²) in [5.41, 5.74) is 6.58. The SMILES string of the molecule is Cc1cc2c(cc1Cl)C1(CCN(C(=O)OC(C)(C)C)CC1)O[C@@H]2C(C)(C)C(N)=O. The van der Waals surface area contributed by atoms with Gasteiger partial charge in [-0.15, -0.1) is 0 Å². The molecule has 1 aromatic carbocycles. The first-order valence-electron chi connectivity index (χ1n) is 10.0. The summed E-state index contributed by atoms with van der Waals surface area (Å²) >= 11 is 6.44. The number of ether oxygens (including phenoxy) is 2. The third kappa shape index (κ3) is 3.97. The Labute approximate surface area is 177 Å². The van der Waals surface area contributed by atoms with Gasteiger partial charge in [0, 0.05) is 18.1 Å². The fourth-order valence-electron chi connectivity index (χ4n) is 4.10. The van der Waals surface area contributed by atoms with Gasteiger partial charge < -0.3 is 20.1 Å². The van der Waals surface area contributed by atoms with E-state index in [2.05, 4.69) is 0 Å². The second-order valence-corrected chi connectivity index (χ2v) is 10.1. The van der Waals surface area contributed by atoms with Crippen molar-refractivity contribution in [2.75, 3.05) is 13.1 Å². The standard InChI is InChI=1S/C22H31ClN2O4/c1-13-11-14-15(12-16(13)23)22(28-17(14)21(5,6)18(24)26)7-9-25(10-8-22)19(27)29-20(2,3)4/h11-12,17H,7-10H2,1-6H3,(H2,24,26)/t17-/m0/s1. The molecule has 0 unspecified atom stereocenters. The average Bonchev–Trinajstić information content (AvgIpc) is 2.88. The summed E-state index contributed by atoms with van der Waals surface area (Å²) in [6.45, 7) is 12.1.